The highest BCUT2D eigenvalue weighted by Crippen LogP contribution is 2.09. The van der Waals surface area contributed by atoms with Crippen molar-refractivity contribution in [2.24, 2.45) is 0 Å². The highest BCUT2D eigenvalue weighted by atomic mass is 32.2. The first-order valence-electron chi connectivity index (χ1n) is 7.02. The molecule has 0 aliphatic heterocycles. The van der Waals surface area contributed by atoms with Gasteiger partial charge in [-0.3, -0.25) is 9.59 Å². The average Bonchev–Trinajstić information content (AvgIpc) is 2.52. The Morgan fingerprint density at radius 3 is 2.48 bits per heavy atom. The predicted octanol–water partition coefficient (Wildman–Crippen LogP) is 0.563. The van der Waals surface area contributed by atoms with Crippen LogP contribution in [-0.2, 0) is 24.3 Å². The minimum atomic E-state index is -3.95. The third-order valence-corrected chi connectivity index (χ3v) is 4.16. The van der Waals surface area contributed by atoms with Gasteiger partial charge in [0.05, 0.1) is 4.90 Å². The quantitative estimate of drug-likeness (QED) is 0.503. The van der Waals surface area contributed by atoms with Gasteiger partial charge in [-0.05, 0) is 30.7 Å². The van der Waals surface area contributed by atoms with Crippen LogP contribution in [0.3, 0.4) is 0 Å². The molecule has 0 spiro atoms. The molecule has 0 saturated heterocycles. The van der Waals surface area contributed by atoms with Crippen molar-refractivity contribution in [3.63, 3.8) is 0 Å². The number of esters is 1. The van der Waals surface area contributed by atoms with Gasteiger partial charge in [-0.2, -0.15) is 4.72 Å². The summed E-state index contributed by atoms with van der Waals surface area (Å²) in [5.41, 5.74) is 0. The molecular formula is C14H19FN2O5S. The molecule has 0 aromatic heterocycles. The van der Waals surface area contributed by atoms with Gasteiger partial charge < -0.3 is 10.1 Å². The van der Waals surface area contributed by atoms with Crippen molar-refractivity contribution in [1.82, 2.24) is 10.0 Å². The SMILES string of the molecule is CCCCNC(=O)COC(=O)CNS(=O)(=O)c1ccc(F)cc1. The standard InChI is InChI=1S/C14H19FN2O5S/c1-2-3-8-16-13(18)10-22-14(19)9-17-23(20,21)12-6-4-11(15)5-7-12/h4-7,17H,2-3,8-10H2,1H3,(H,16,18). The van der Waals surface area contributed by atoms with E-state index in [9.17, 15) is 22.4 Å². The Kier molecular flexibility index (Phi) is 7.63. The lowest BCUT2D eigenvalue weighted by atomic mass is 10.3. The largest absolute Gasteiger partial charge is 0.455 e. The number of benzene rings is 1. The molecule has 0 aliphatic carbocycles. The van der Waals surface area contributed by atoms with E-state index >= 15 is 0 Å². The molecule has 2 N–H and O–H groups in total. The average molecular weight is 346 g/mol. The van der Waals surface area contributed by atoms with Gasteiger partial charge in [-0.25, -0.2) is 12.8 Å². The van der Waals surface area contributed by atoms with Crippen LogP contribution >= 0.6 is 0 Å². The van der Waals surface area contributed by atoms with Gasteiger partial charge in [0.15, 0.2) is 6.61 Å². The molecule has 0 bridgehead atoms. The molecule has 23 heavy (non-hydrogen) atoms. The van der Waals surface area contributed by atoms with Gasteiger partial charge in [0.2, 0.25) is 10.0 Å². The normalized spacial score (nSPS) is 11.0. The lowest BCUT2D eigenvalue weighted by Crippen LogP contribution is -2.34. The lowest BCUT2D eigenvalue weighted by Gasteiger charge is -2.08. The number of halogens is 1. The minimum absolute atomic E-state index is 0.177. The molecule has 1 aromatic rings. The molecule has 1 aromatic carbocycles. The fraction of sp³-hybridized carbons (Fsp3) is 0.429. The molecule has 0 atom stereocenters. The molecular weight excluding hydrogens is 327 g/mol. The van der Waals surface area contributed by atoms with E-state index < -0.39 is 40.9 Å². The number of unbranched alkanes of at least 4 members (excludes halogenated alkanes) is 1. The van der Waals surface area contributed by atoms with Crippen molar-refractivity contribution in [1.29, 1.82) is 0 Å². The Bertz CT molecular complexity index is 631. The van der Waals surface area contributed by atoms with E-state index in [1.807, 2.05) is 11.6 Å². The molecule has 0 aliphatic rings. The van der Waals surface area contributed by atoms with E-state index in [1.54, 1.807) is 0 Å². The molecule has 9 heteroatoms. The van der Waals surface area contributed by atoms with Crippen molar-refractivity contribution in [2.75, 3.05) is 19.7 Å². The molecule has 128 valence electrons. The Hall–Kier alpha value is -2.00. The monoisotopic (exact) mass is 346 g/mol. The molecule has 1 amide bonds. The summed E-state index contributed by atoms with van der Waals surface area (Å²) in [4.78, 5) is 22.6. The first kappa shape index (κ1) is 19.0. The van der Waals surface area contributed by atoms with Crippen molar-refractivity contribution < 1.29 is 27.1 Å². The second kappa shape index (κ2) is 9.21. The maximum atomic E-state index is 12.7. The number of ether oxygens (including phenoxy) is 1. The van der Waals surface area contributed by atoms with Crippen LogP contribution in [0.25, 0.3) is 0 Å². The van der Waals surface area contributed by atoms with Crippen LogP contribution in [-0.4, -0.2) is 40.0 Å². The summed E-state index contributed by atoms with van der Waals surface area (Å²) in [6.07, 6.45) is 1.74. The Morgan fingerprint density at radius 1 is 1.22 bits per heavy atom. The summed E-state index contributed by atoms with van der Waals surface area (Å²) in [6, 6.07) is 4.13. The summed E-state index contributed by atoms with van der Waals surface area (Å²) < 4.78 is 43.1. The van der Waals surface area contributed by atoms with Gasteiger partial charge >= 0.3 is 5.97 Å². The van der Waals surface area contributed by atoms with Crippen LogP contribution in [0.1, 0.15) is 19.8 Å². The summed E-state index contributed by atoms with van der Waals surface area (Å²) in [7, 11) is -3.95. The first-order chi connectivity index (χ1) is 10.8. The highest BCUT2D eigenvalue weighted by Gasteiger charge is 2.16. The van der Waals surface area contributed by atoms with E-state index in [2.05, 4.69) is 10.1 Å². The van der Waals surface area contributed by atoms with Gasteiger partial charge in [0.1, 0.15) is 12.4 Å². The summed E-state index contributed by atoms with van der Waals surface area (Å²) in [5, 5.41) is 2.55. The summed E-state index contributed by atoms with van der Waals surface area (Å²) in [6.45, 7) is 1.37. The minimum Gasteiger partial charge on any atom is -0.455 e. The molecule has 0 radical (unpaired) electrons. The molecule has 0 unspecified atom stereocenters. The number of amides is 1. The number of carbonyl (C=O) groups excluding carboxylic acids is 2. The van der Waals surface area contributed by atoms with Gasteiger partial charge in [-0.1, -0.05) is 13.3 Å². The van der Waals surface area contributed by atoms with E-state index in [4.69, 9.17) is 0 Å². The zero-order chi connectivity index (χ0) is 17.3. The predicted molar refractivity (Wildman–Crippen MR) is 80.5 cm³/mol. The van der Waals surface area contributed by atoms with Gasteiger partial charge in [0.25, 0.3) is 5.91 Å². The smallest absolute Gasteiger partial charge is 0.321 e. The fourth-order valence-electron chi connectivity index (χ4n) is 1.50. The number of hydrogen-bond donors (Lipinski definition) is 2. The topological polar surface area (TPSA) is 102 Å². The van der Waals surface area contributed by atoms with Crippen LogP contribution in [0, 0.1) is 5.82 Å². The third kappa shape index (κ3) is 7.20. The van der Waals surface area contributed by atoms with Gasteiger partial charge in [0, 0.05) is 6.54 Å². The van der Waals surface area contributed by atoms with Crippen LogP contribution in [0.15, 0.2) is 29.2 Å². The van der Waals surface area contributed by atoms with Crippen LogP contribution in [0.2, 0.25) is 0 Å². The maximum absolute atomic E-state index is 12.7. The summed E-state index contributed by atoms with van der Waals surface area (Å²) in [5.74, 6) is -1.91. The van der Waals surface area contributed by atoms with Crippen LogP contribution in [0.4, 0.5) is 4.39 Å². The molecule has 0 heterocycles. The molecule has 0 saturated carbocycles. The second-order valence-electron chi connectivity index (χ2n) is 4.64. The van der Waals surface area contributed by atoms with E-state index in [1.165, 1.54) is 0 Å². The lowest BCUT2D eigenvalue weighted by molar-refractivity contribution is -0.147. The van der Waals surface area contributed by atoms with Crippen LogP contribution < -0.4 is 10.0 Å². The fourth-order valence-corrected chi connectivity index (χ4v) is 2.47. The molecule has 7 nitrogen and oxygen atoms in total. The zero-order valence-corrected chi connectivity index (χ0v) is 13.5. The summed E-state index contributed by atoms with van der Waals surface area (Å²) >= 11 is 0. The Morgan fingerprint density at radius 2 is 1.87 bits per heavy atom. The molecule has 0 fully saturated rings. The highest BCUT2D eigenvalue weighted by molar-refractivity contribution is 7.89. The van der Waals surface area contributed by atoms with Gasteiger partial charge in [-0.15, -0.1) is 0 Å². The van der Waals surface area contributed by atoms with Crippen molar-refractivity contribution in [3.05, 3.63) is 30.1 Å². The Labute approximate surface area is 134 Å². The van der Waals surface area contributed by atoms with Crippen LogP contribution in [0.5, 0.6) is 0 Å². The number of sulfonamides is 1. The number of nitrogens with one attached hydrogen (secondary N) is 2. The first-order valence-corrected chi connectivity index (χ1v) is 8.51. The zero-order valence-electron chi connectivity index (χ0n) is 12.7. The van der Waals surface area contributed by atoms with E-state index in [-0.39, 0.29) is 4.90 Å². The Balaban J connectivity index is 2.37. The maximum Gasteiger partial charge on any atom is 0.321 e. The van der Waals surface area contributed by atoms with Crippen molar-refractivity contribution in [3.8, 4) is 0 Å². The number of carbonyl (C=O) groups is 2. The molecule has 1 rings (SSSR count). The van der Waals surface area contributed by atoms with E-state index in [0.29, 0.717) is 6.54 Å². The third-order valence-electron chi connectivity index (χ3n) is 2.75. The van der Waals surface area contributed by atoms with Crippen molar-refractivity contribution >= 4 is 21.9 Å². The van der Waals surface area contributed by atoms with Crippen molar-refractivity contribution in [2.45, 2.75) is 24.7 Å². The number of hydrogen-bond acceptors (Lipinski definition) is 5. The second-order valence-corrected chi connectivity index (χ2v) is 6.41. The number of rotatable bonds is 9. The van der Waals surface area contributed by atoms with E-state index in [0.717, 1.165) is 37.1 Å².